The molecule has 2 N–H and O–H groups in total. The van der Waals surface area contributed by atoms with Gasteiger partial charge in [-0.2, -0.15) is 0 Å². The predicted molar refractivity (Wildman–Crippen MR) is 105 cm³/mol. The van der Waals surface area contributed by atoms with Crippen molar-refractivity contribution in [3.05, 3.63) is 41.5 Å². The van der Waals surface area contributed by atoms with Crippen LogP contribution in [0, 0.1) is 0 Å². The van der Waals surface area contributed by atoms with Crippen LogP contribution in [-0.4, -0.2) is 27.9 Å². The molecule has 0 aliphatic carbocycles. The van der Waals surface area contributed by atoms with E-state index in [0.717, 1.165) is 23.4 Å². The lowest BCUT2D eigenvalue weighted by molar-refractivity contribution is 0.324. The maximum Gasteiger partial charge on any atom is 0.203 e. The van der Waals surface area contributed by atoms with Crippen molar-refractivity contribution in [1.29, 1.82) is 0 Å². The van der Waals surface area contributed by atoms with Gasteiger partial charge in [-0.15, -0.1) is 0 Å². The summed E-state index contributed by atoms with van der Waals surface area (Å²) in [6.07, 6.45) is 3.89. The van der Waals surface area contributed by atoms with E-state index in [9.17, 15) is 0 Å². The first-order valence-corrected chi connectivity index (χ1v) is 8.75. The molecule has 0 saturated carbocycles. The molecule has 0 saturated heterocycles. The van der Waals surface area contributed by atoms with Crippen molar-refractivity contribution in [3.8, 4) is 28.7 Å². The van der Waals surface area contributed by atoms with E-state index in [1.54, 1.807) is 21.3 Å². The van der Waals surface area contributed by atoms with Gasteiger partial charge in [0.05, 0.1) is 27.9 Å². The Kier molecular flexibility index (Phi) is 7.50. The zero-order chi connectivity index (χ0) is 18.9. The lowest BCUT2D eigenvalue weighted by atomic mass is 10.1. The summed E-state index contributed by atoms with van der Waals surface area (Å²) in [5.41, 5.74) is 1.84. The molecule has 0 aromatic heterocycles. The van der Waals surface area contributed by atoms with Crippen molar-refractivity contribution < 1.29 is 23.1 Å². The molecule has 2 aromatic rings. The van der Waals surface area contributed by atoms with Crippen molar-refractivity contribution >= 4 is 24.4 Å². The fourth-order valence-electron chi connectivity index (χ4n) is 2.41. The predicted octanol–water partition coefficient (Wildman–Crippen LogP) is 4.18. The largest absolute Gasteiger partial charge is 0.493 e. The topological polar surface area (TPSA) is 72.2 Å². The summed E-state index contributed by atoms with van der Waals surface area (Å²) in [5, 5.41) is 5.41. The molecule has 2 aromatic carbocycles. The van der Waals surface area contributed by atoms with E-state index in [1.165, 1.54) is 0 Å². The number of nitrogens with two attached hydrogens (primary N) is 1. The Balaban J connectivity index is 2.33. The van der Waals surface area contributed by atoms with Crippen LogP contribution in [0.3, 0.4) is 0 Å². The number of benzene rings is 2. The van der Waals surface area contributed by atoms with Crippen LogP contribution in [-0.2, 0) is 0 Å². The SMILES string of the molecule is CCOc1ccc(/C=C/c2cc(OC)c(OC)c(OC)c2)cc1OSN. The van der Waals surface area contributed by atoms with Crippen LogP contribution in [0.25, 0.3) is 12.2 Å². The van der Waals surface area contributed by atoms with Gasteiger partial charge in [0.2, 0.25) is 5.75 Å². The third kappa shape index (κ3) is 4.77. The molecule has 2 rings (SSSR count). The first-order valence-electron chi connectivity index (χ1n) is 7.95. The molecule has 0 fully saturated rings. The van der Waals surface area contributed by atoms with E-state index in [2.05, 4.69) is 0 Å². The van der Waals surface area contributed by atoms with E-state index in [0.29, 0.717) is 35.4 Å². The van der Waals surface area contributed by atoms with E-state index >= 15 is 0 Å². The minimum absolute atomic E-state index is 0.548. The van der Waals surface area contributed by atoms with Gasteiger partial charge in [-0.25, -0.2) is 5.14 Å². The second kappa shape index (κ2) is 9.84. The first kappa shape index (κ1) is 19.8. The van der Waals surface area contributed by atoms with Crippen molar-refractivity contribution in [1.82, 2.24) is 0 Å². The third-order valence-electron chi connectivity index (χ3n) is 3.56. The highest BCUT2D eigenvalue weighted by Gasteiger charge is 2.12. The van der Waals surface area contributed by atoms with Gasteiger partial charge in [-0.3, -0.25) is 0 Å². The van der Waals surface area contributed by atoms with Crippen LogP contribution in [0.4, 0.5) is 0 Å². The number of ether oxygens (including phenoxy) is 4. The smallest absolute Gasteiger partial charge is 0.203 e. The second-order valence-corrected chi connectivity index (χ2v) is 5.47. The molecule has 0 radical (unpaired) electrons. The molecule has 0 aliphatic heterocycles. The molecule has 6 nitrogen and oxygen atoms in total. The van der Waals surface area contributed by atoms with Crippen LogP contribution in [0.1, 0.15) is 18.1 Å². The second-order valence-electron chi connectivity index (χ2n) is 5.11. The summed E-state index contributed by atoms with van der Waals surface area (Å²) in [6, 6.07) is 9.40. The van der Waals surface area contributed by atoms with Crippen LogP contribution >= 0.6 is 12.2 Å². The fraction of sp³-hybridized carbons (Fsp3) is 0.263. The van der Waals surface area contributed by atoms with E-state index in [4.69, 9.17) is 28.3 Å². The lowest BCUT2D eigenvalue weighted by Gasteiger charge is -2.13. The maximum atomic E-state index is 5.53. The Bertz CT molecular complexity index is 739. The normalized spacial score (nSPS) is 10.7. The quantitative estimate of drug-likeness (QED) is 0.399. The van der Waals surface area contributed by atoms with E-state index < -0.39 is 0 Å². The van der Waals surface area contributed by atoms with Crippen molar-refractivity contribution in [3.63, 3.8) is 0 Å². The number of methoxy groups -OCH3 is 3. The van der Waals surface area contributed by atoms with Gasteiger partial charge >= 0.3 is 0 Å². The number of hydrogen-bond donors (Lipinski definition) is 1. The molecule has 140 valence electrons. The monoisotopic (exact) mass is 377 g/mol. The lowest BCUT2D eigenvalue weighted by Crippen LogP contribution is -1.96. The third-order valence-corrected chi connectivity index (χ3v) is 3.84. The Morgan fingerprint density at radius 1 is 0.846 bits per heavy atom. The average Bonchev–Trinajstić information content (AvgIpc) is 2.67. The molecule has 0 atom stereocenters. The van der Waals surface area contributed by atoms with Gasteiger partial charge < -0.3 is 23.1 Å². The van der Waals surface area contributed by atoms with Gasteiger partial charge in [0.25, 0.3) is 0 Å². The molecule has 0 aliphatic rings. The average molecular weight is 377 g/mol. The summed E-state index contributed by atoms with van der Waals surface area (Å²) in [7, 11) is 4.75. The van der Waals surface area contributed by atoms with Crippen LogP contribution in [0.2, 0.25) is 0 Å². The zero-order valence-corrected chi connectivity index (χ0v) is 16.1. The van der Waals surface area contributed by atoms with E-state index in [-0.39, 0.29) is 0 Å². The highest BCUT2D eigenvalue weighted by atomic mass is 32.2. The summed E-state index contributed by atoms with van der Waals surface area (Å²) >= 11 is 0.781. The minimum atomic E-state index is 0.548. The van der Waals surface area contributed by atoms with Crippen LogP contribution in [0.15, 0.2) is 30.3 Å². The van der Waals surface area contributed by atoms with Crippen molar-refractivity contribution in [2.75, 3.05) is 27.9 Å². The maximum absolute atomic E-state index is 5.53. The molecule has 26 heavy (non-hydrogen) atoms. The highest BCUT2D eigenvalue weighted by molar-refractivity contribution is 7.92. The Hall–Kier alpha value is -2.51. The molecule has 0 heterocycles. The molecular weight excluding hydrogens is 354 g/mol. The number of hydrogen-bond acceptors (Lipinski definition) is 7. The van der Waals surface area contributed by atoms with Gasteiger partial charge in [0.1, 0.15) is 12.2 Å². The van der Waals surface area contributed by atoms with Gasteiger partial charge in [-0.1, -0.05) is 18.2 Å². The van der Waals surface area contributed by atoms with E-state index in [1.807, 2.05) is 49.4 Å². The molecule has 0 bridgehead atoms. The fourth-order valence-corrected chi connectivity index (χ4v) is 2.64. The molecule has 0 amide bonds. The Morgan fingerprint density at radius 3 is 2.00 bits per heavy atom. The molecule has 0 spiro atoms. The zero-order valence-electron chi connectivity index (χ0n) is 15.3. The van der Waals surface area contributed by atoms with Crippen molar-refractivity contribution in [2.24, 2.45) is 5.14 Å². The molecule has 7 heteroatoms. The van der Waals surface area contributed by atoms with Crippen molar-refractivity contribution in [2.45, 2.75) is 6.92 Å². The summed E-state index contributed by atoms with van der Waals surface area (Å²) in [4.78, 5) is 0. The summed E-state index contributed by atoms with van der Waals surface area (Å²) in [6.45, 7) is 2.46. The first-order chi connectivity index (χ1) is 12.7. The summed E-state index contributed by atoms with van der Waals surface area (Å²) < 4.78 is 27.0. The number of rotatable bonds is 9. The van der Waals surface area contributed by atoms with Gasteiger partial charge in [0, 0.05) is 0 Å². The van der Waals surface area contributed by atoms with Gasteiger partial charge in [0.15, 0.2) is 23.0 Å². The van der Waals surface area contributed by atoms with Crippen LogP contribution < -0.4 is 28.3 Å². The highest BCUT2D eigenvalue weighted by Crippen LogP contribution is 2.38. The molecule has 0 unspecified atom stereocenters. The standard InChI is InChI=1S/C19H23NO5S/c1-5-24-15-9-8-13(10-16(15)25-26-20)6-7-14-11-17(21-2)19(23-4)18(12-14)22-3/h6-12H,5,20H2,1-4H3/b7-6+. The molecular formula is C19H23NO5S. The summed E-state index contributed by atoms with van der Waals surface area (Å²) in [5.74, 6) is 2.98. The van der Waals surface area contributed by atoms with Gasteiger partial charge in [-0.05, 0) is 42.3 Å². The Labute approximate surface area is 158 Å². The Morgan fingerprint density at radius 2 is 1.46 bits per heavy atom. The van der Waals surface area contributed by atoms with Crippen LogP contribution in [0.5, 0.6) is 28.7 Å². The minimum Gasteiger partial charge on any atom is -0.493 e.